The van der Waals surface area contributed by atoms with Crippen molar-refractivity contribution in [2.45, 2.75) is 10.4 Å². The van der Waals surface area contributed by atoms with Gasteiger partial charge < -0.3 is 0 Å². The zero-order valence-electron chi connectivity index (χ0n) is 4.96. The Kier molecular flexibility index (Phi) is 1.78. The minimum atomic E-state index is -0.0849. The summed E-state index contributed by atoms with van der Waals surface area (Å²) in [7, 11) is 1.52. The van der Waals surface area contributed by atoms with E-state index in [0.717, 1.165) is 0 Å². The van der Waals surface area contributed by atoms with Gasteiger partial charge in [0.1, 0.15) is 0 Å². The molecule has 0 aromatic carbocycles. The molecule has 0 spiro atoms. The molecule has 0 aliphatic carbocycles. The van der Waals surface area contributed by atoms with Crippen LogP contribution in [0.15, 0.2) is 0 Å². The first-order valence-corrected chi connectivity index (χ1v) is 3.93. The van der Waals surface area contributed by atoms with Crippen molar-refractivity contribution in [3.63, 3.8) is 0 Å². The molecule has 0 N–H and O–H groups in total. The third kappa shape index (κ3) is 1.10. The van der Waals surface area contributed by atoms with E-state index in [1.165, 1.54) is 11.9 Å². The van der Waals surface area contributed by atoms with Crippen LogP contribution in [0.1, 0.15) is 6.42 Å². The molecule has 1 radical (unpaired) electrons. The minimum absolute atomic E-state index is 0.0511. The Bertz CT molecular complexity index is 168. The Morgan fingerprint density at radius 2 is 2.22 bits per heavy atom. The second-order valence-electron chi connectivity index (χ2n) is 1.98. The van der Waals surface area contributed by atoms with Gasteiger partial charge in [-0.3, -0.25) is 0 Å². The number of hydrogen-bond acceptors (Lipinski definition) is 2. The number of imide groups is 1. The maximum absolute atomic E-state index is 10.8. The molecule has 0 bridgehead atoms. The summed E-state index contributed by atoms with van der Waals surface area (Å²) >= 11 is 1.70. The fraction of sp³-hybridized carbons (Fsp3) is 0.600. The van der Waals surface area contributed by atoms with Crippen LogP contribution < -0.4 is 0 Å². The van der Waals surface area contributed by atoms with Gasteiger partial charge in [-0.1, -0.05) is 0 Å². The molecule has 1 heterocycles. The van der Waals surface area contributed by atoms with Crippen LogP contribution in [0.2, 0.25) is 3.97 Å². The van der Waals surface area contributed by atoms with Crippen LogP contribution >= 0.6 is 0 Å². The Morgan fingerprint density at radius 1 is 1.67 bits per heavy atom. The van der Waals surface area contributed by atoms with Gasteiger partial charge in [0.25, 0.3) is 0 Å². The summed E-state index contributed by atoms with van der Waals surface area (Å²) in [5, 5.41) is 0. The van der Waals surface area contributed by atoms with Crippen molar-refractivity contribution < 1.29 is 9.59 Å². The molecule has 1 aliphatic rings. The van der Waals surface area contributed by atoms with E-state index in [4.69, 9.17) is 0 Å². The molecule has 0 aromatic heterocycles. The van der Waals surface area contributed by atoms with Gasteiger partial charge in [-0.05, 0) is 0 Å². The fourth-order valence-electron chi connectivity index (χ4n) is 0.722. The van der Waals surface area contributed by atoms with Crippen molar-refractivity contribution in [3.05, 3.63) is 0 Å². The average molecular weight is 240 g/mol. The summed E-state index contributed by atoms with van der Waals surface area (Å²) in [4.78, 5) is 22.7. The number of rotatable bonds is 0. The standard InChI is InChI=1S/C5H6NO2Te/c1-6-4(7)2-3(9)5(6)8/h3H,2H2,1H3. The normalized spacial score (nSPS) is 27.8. The van der Waals surface area contributed by atoms with E-state index in [0.29, 0.717) is 6.42 Å². The van der Waals surface area contributed by atoms with E-state index < -0.39 is 0 Å². The van der Waals surface area contributed by atoms with Crippen molar-refractivity contribution in [2.75, 3.05) is 7.05 Å². The zero-order valence-corrected chi connectivity index (χ0v) is 7.29. The van der Waals surface area contributed by atoms with E-state index in [1.807, 2.05) is 0 Å². The second-order valence-corrected chi connectivity index (χ2v) is 3.61. The molecule has 1 unspecified atom stereocenters. The summed E-state index contributed by atoms with van der Waals surface area (Å²) in [6.45, 7) is 0. The Hall–Kier alpha value is -0.0704. The zero-order chi connectivity index (χ0) is 7.02. The van der Waals surface area contributed by atoms with Crippen LogP contribution in [0.25, 0.3) is 0 Å². The molecule has 2 amide bonds. The summed E-state index contributed by atoms with van der Waals surface area (Å²) in [6, 6.07) is 0. The van der Waals surface area contributed by atoms with E-state index in [-0.39, 0.29) is 15.8 Å². The molecule has 49 valence electrons. The Labute approximate surface area is 66.3 Å². The van der Waals surface area contributed by atoms with Gasteiger partial charge in [0.05, 0.1) is 0 Å². The predicted molar refractivity (Wildman–Crippen MR) is 31.9 cm³/mol. The number of hydrogen-bond donors (Lipinski definition) is 0. The van der Waals surface area contributed by atoms with Gasteiger partial charge in [-0.2, -0.15) is 0 Å². The third-order valence-electron chi connectivity index (χ3n) is 1.34. The summed E-state index contributed by atoms with van der Waals surface area (Å²) in [6.07, 6.45) is 0.389. The van der Waals surface area contributed by atoms with Crippen LogP contribution in [0, 0.1) is 0 Å². The monoisotopic (exact) mass is 242 g/mol. The topological polar surface area (TPSA) is 37.4 Å². The van der Waals surface area contributed by atoms with Crippen LogP contribution in [0.3, 0.4) is 0 Å². The van der Waals surface area contributed by atoms with Gasteiger partial charge in [-0.25, -0.2) is 0 Å². The third-order valence-corrected chi connectivity index (χ3v) is 2.39. The molecule has 3 nitrogen and oxygen atoms in total. The summed E-state index contributed by atoms with van der Waals surface area (Å²) in [5.41, 5.74) is 0. The average Bonchev–Trinajstić information content (AvgIpc) is 1.98. The van der Waals surface area contributed by atoms with Crippen molar-refractivity contribution in [2.24, 2.45) is 0 Å². The van der Waals surface area contributed by atoms with E-state index in [2.05, 4.69) is 0 Å². The molecular formula is C5H6NO2Te. The molecule has 1 fully saturated rings. The van der Waals surface area contributed by atoms with Gasteiger partial charge in [0.15, 0.2) is 0 Å². The van der Waals surface area contributed by atoms with Crippen LogP contribution in [-0.2, 0) is 9.59 Å². The molecule has 1 aliphatic heterocycles. The van der Waals surface area contributed by atoms with Gasteiger partial charge >= 0.3 is 66.0 Å². The Balaban J connectivity index is 2.77. The van der Waals surface area contributed by atoms with Gasteiger partial charge in [0.2, 0.25) is 0 Å². The van der Waals surface area contributed by atoms with Crippen molar-refractivity contribution >= 4 is 34.1 Å². The van der Waals surface area contributed by atoms with Crippen molar-refractivity contribution in [1.29, 1.82) is 0 Å². The molecule has 9 heavy (non-hydrogen) atoms. The number of carbonyl (C=O) groups excluding carboxylic acids is 2. The second kappa shape index (κ2) is 2.28. The fourth-order valence-corrected chi connectivity index (χ4v) is 1.58. The van der Waals surface area contributed by atoms with Crippen LogP contribution in [-0.4, -0.2) is 46.1 Å². The molecular weight excluding hydrogens is 234 g/mol. The van der Waals surface area contributed by atoms with Crippen molar-refractivity contribution in [3.8, 4) is 0 Å². The van der Waals surface area contributed by atoms with Crippen molar-refractivity contribution in [1.82, 2.24) is 4.90 Å². The van der Waals surface area contributed by atoms with Crippen LogP contribution in [0.5, 0.6) is 0 Å². The quantitative estimate of drug-likeness (QED) is 0.416. The molecule has 1 saturated heterocycles. The molecule has 0 saturated carbocycles. The maximum atomic E-state index is 10.8. The van der Waals surface area contributed by atoms with E-state index >= 15 is 0 Å². The first kappa shape index (κ1) is 7.04. The molecule has 4 heteroatoms. The number of amides is 2. The number of nitrogens with zero attached hydrogens (tertiary/aromatic N) is 1. The first-order valence-electron chi connectivity index (χ1n) is 2.59. The molecule has 1 atom stereocenters. The van der Waals surface area contributed by atoms with Gasteiger partial charge in [0, 0.05) is 0 Å². The molecule has 1 rings (SSSR count). The molecule has 0 aromatic rings. The van der Waals surface area contributed by atoms with E-state index in [9.17, 15) is 9.59 Å². The predicted octanol–water partition coefficient (Wildman–Crippen LogP) is -0.668. The van der Waals surface area contributed by atoms with Gasteiger partial charge in [-0.15, -0.1) is 0 Å². The first-order chi connectivity index (χ1) is 4.13. The van der Waals surface area contributed by atoms with E-state index in [1.54, 1.807) is 22.3 Å². The SMILES string of the molecule is CN1C(=O)CC([Te])C1=O. The summed E-state index contributed by atoms with van der Waals surface area (Å²) in [5.74, 6) is -0.111. The number of carbonyl (C=O) groups is 2. The summed E-state index contributed by atoms with van der Waals surface area (Å²) < 4.78 is -0.0849. The van der Waals surface area contributed by atoms with Crippen LogP contribution in [0.4, 0.5) is 0 Å². The Morgan fingerprint density at radius 3 is 2.33 bits per heavy atom. The number of likely N-dealkylation sites (tertiary alicyclic amines) is 1.